The largest absolute Gasteiger partial charge is 0.493 e. The van der Waals surface area contributed by atoms with E-state index in [1.807, 2.05) is 62.4 Å². The monoisotopic (exact) mass is 520 g/mol. The Morgan fingerprint density at radius 1 is 0.941 bits per heavy atom. The molecule has 174 valence electrons. The zero-order valence-corrected chi connectivity index (χ0v) is 20.8. The van der Waals surface area contributed by atoms with Gasteiger partial charge in [0.1, 0.15) is 12.3 Å². The number of nitrogens with zero attached hydrogens (tertiary/aromatic N) is 1. The van der Waals surface area contributed by atoms with Gasteiger partial charge >= 0.3 is 6.03 Å². The van der Waals surface area contributed by atoms with Crippen molar-refractivity contribution in [3.63, 3.8) is 0 Å². The Bertz CT molecular complexity index is 1270. The Hall–Kier alpha value is -3.58. The van der Waals surface area contributed by atoms with Gasteiger partial charge in [0, 0.05) is 4.47 Å². The number of imide groups is 1. The van der Waals surface area contributed by atoms with Gasteiger partial charge in [-0.3, -0.25) is 9.69 Å². The van der Waals surface area contributed by atoms with Crippen LogP contribution in [-0.4, -0.2) is 23.9 Å². The van der Waals surface area contributed by atoms with E-state index in [0.717, 1.165) is 16.7 Å². The highest BCUT2D eigenvalue weighted by molar-refractivity contribution is 9.10. The zero-order chi connectivity index (χ0) is 24.2. The predicted molar refractivity (Wildman–Crippen MR) is 134 cm³/mol. The first kappa shape index (κ1) is 23.6. The van der Waals surface area contributed by atoms with Gasteiger partial charge in [0.15, 0.2) is 11.5 Å². The fraction of sp³-hybridized carbons (Fsp3) is 0.185. The zero-order valence-electron chi connectivity index (χ0n) is 19.2. The summed E-state index contributed by atoms with van der Waals surface area (Å²) in [7, 11) is 1.56. The highest BCUT2D eigenvalue weighted by Gasteiger charge is 2.33. The van der Waals surface area contributed by atoms with Crippen LogP contribution in [0.3, 0.4) is 0 Å². The quantitative estimate of drug-likeness (QED) is 0.318. The minimum Gasteiger partial charge on any atom is -0.493 e. The lowest BCUT2D eigenvalue weighted by atomic mass is 10.1. The maximum atomic E-state index is 12.9. The van der Waals surface area contributed by atoms with Crippen molar-refractivity contribution in [1.29, 1.82) is 0 Å². The van der Waals surface area contributed by atoms with Gasteiger partial charge in [-0.2, -0.15) is 0 Å². The molecule has 7 heteroatoms. The van der Waals surface area contributed by atoms with E-state index in [1.54, 1.807) is 25.3 Å². The number of amides is 3. The van der Waals surface area contributed by atoms with E-state index in [-0.39, 0.29) is 18.1 Å². The number of hydrogen-bond donors (Lipinski definition) is 1. The number of halogens is 1. The minimum absolute atomic E-state index is 0.203. The number of methoxy groups -OCH3 is 1. The lowest BCUT2D eigenvalue weighted by molar-refractivity contribution is -0.123. The van der Waals surface area contributed by atoms with Gasteiger partial charge in [0.2, 0.25) is 0 Å². The van der Waals surface area contributed by atoms with Crippen molar-refractivity contribution < 1.29 is 19.1 Å². The second kappa shape index (κ2) is 10.1. The highest BCUT2D eigenvalue weighted by Crippen LogP contribution is 2.35. The van der Waals surface area contributed by atoms with Gasteiger partial charge in [-0.05, 0) is 48.7 Å². The molecule has 1 saturated heterocycles. The average Bonchev–Trinajstić information content (AvgIpc) is 3.07. The SMILES string of the molecule is COc1cc(/C=C2/NC(=O)N(Cc3cccc(C)c3)C2=O)c(Br)cc1OCc1ccc(C)cc1. The van der Waals surface area contributed by atoms with Crippen LogP contribution in [0.4, 0.5) is 4.79 Å². The number of urea groups is 1. The van der Waals surface area contributed by atoms with E-state index in [9.17, 15) is 9.59 Å². The highest BCUT2D eigenvalue weighted by atomic mass is 79.9. The fourth-order valence-electron chi connectivity index (χ4n) is 3.64. The van der Waals surface area contributed by atoms with Crippen molar-refractivity contribution >= 4 is 33.9 Å². The molecule has 1 N–H and O–H groups in total. The Labute approximate surface area is 207 Å². The second-order valence-electron chi connectivity index (χ2n) is 8.17. The molecule has 0 radical (unpaired) electrons. The number of hydrogen-bond acceptors (Lipinski definition) is 4. The number of aryl methyl sites for hydroxylation is 2. The molecular weight excluding hydrogens is 496 g/mol. The third kappa shape index (κ3) is 5.31. The van der Waals surface area contributed by atoms with Gasteiger partial charge in [-0.1, -0.05) is 75.6 Å². The molecule has 4 rings (SSSR count). The average molecular weight is 521 g/mol. The number of carbonyl (C=O) groups excluding carboxylic acids is 2. The van der Waals surface area contributed by atoms with Crippen molar-refractivity contribution in [2.75, 3.05) is 7.11 Å². The Morgan fingerprint density at radius 3 is 2.41 bits per heavy atom. The van der Waals surface area contributed by atoms with E-state index in [1.165, 1.54) is 10.5 Å². The summed E-state index contributed by atoms with van der Waals surface area (Å²) in [6.45, 7) is 4.61. The van der Waals surface area contributed by atoms with Crippen LogP contribution in [0.5, 0.6) is 11.5 Å². The minimum atomic E-state index is -0.445. The van der Waals surface area contributed by atoms with Gasteiger partial charge in [0.25, 0.3) is 5.91 Å². The maximum absolute atomic E-state index is 12.9. The number of rotatable bonds is 7. The summed E-state index contributed by atoms with van der Waals surface area (Å²) in [5, 5.41) is 2.67. The van der Waals surface area contributed by atoms with Crippen LogP contribution in [0.1, 0.15) is 27.8 Å². The molecule has 0 spiro atoms. The van der Waals surface area contributed by atoms with E-state index in [2.05, 4.69) is 21.2 Å². The molecule has 1 aliphatic rings. The topological polar surface area (TPSA) is 67.9 Å². The van der Waals surface area contributed by atoms with Crippen LogP contribution in [0.25, 0.3) is 6.08 Å². The molecule has 1 aliphatic heterocycles. The number of carbonyl (C=O) groups is 2. The molecule has 6 nitrogen and oxygen atoms in total. The van der Waals surface area contributed by atoms with Crippen LogP contribution < -0.4 is 14.8 Å². The molecule has 0 saturated carbocycles. The molecule has 34 heavy (non-hydrogen) atoms. The molecule has 0 aromatic heterocycles. The van der Waals surface area contributed by atoms with Crippen LogP contribution in [0.2, 0.25) is 0 Å². The van der Waals surface area contributed by atoms with Crippen molar-refractivity contribution in [1.82, 2.24) is 10.2 Å². The molecule has 3 aromatic rings. The van der Waals surface area contributed by atoms with E-state index in [0.29, 0.717) is 28.1 Å². The predicted octanol–water partition coefficient (Wildman–Crippen LogP) is 5.75. The maximum Gasteiger partial charge on any atom is 0.329 e. The molecule has 1 fully saturated rings. The number of benzene rings is 3. The lowest BCUT2D eigenvalue weighted by Gasteiger charge is -2.13. The molecule has 0 aliphatic carbocycles. The Kier molecular flexibility index (Phi) is 7.03. The molecule has 3 amide bonds. The van der Waals surface area contributed by atoms with Crippen LogP contribution in [0, 0.1) is 13.8 Å². The summed E-state index contributed by atoms with van der Waals surface area (Å²) in [6.07, 6.45) is 1.63. The van der Waals surface area contributed by atoms with Gasteiger partial charge in [-0.25, -0.2) is 4.79 Å². The van der Waals surface area contributed by atoms with Crippen LogP contribution in [0.15, 0.2) is 70.8 Å². The third-order valence-electron chi connectivity index (χ3n) is 5.48. The molecule has 1 heterocycles. The standard InChI is InChI=1S/C27H25BrN2O4/c1-17-7-9-19(10-8-17)16-34-25-14-22(28)21(13-24(25)33-3)12-23-26(31)30(27(32)29-23)15-20-6-4-5-18(2)11-20/h4-14H,15-16H2,1-3H3,(H,29,32)/b23-12+. The first-order valence-corrected chi connectivity index (χ1v) is 11.6. The summed E-state index contributed by atoms with van der Waals surface area (Å²) in [4.78, 5) is 26.6. The summed E-state index contributed by atoms with van der Waals surface area (Å²) in [6, 6.07) is 19.0. The molecule has 0 unspecified atom stereocenters. The summed E-state index contributed by atoms with van der Waals surface area (Å²) in [5.41, 5.74) is 5.08. The molecular formula is C27H25BrN2O4. The molecule has 3 aromatic carbocycles. The smallest absolute Gasteiger partial charge is 0.329 e. The summed E-state index contributed by atoms with van der Waals surface area (Å²) >= 11 is 3.55. The Balaban J connectivity index is 1.53. The normalized spacial score (nSPS) is 14.5. The van der Waals surface area contributed by atoms with Crippen LogP contribution >= 0.6 is 15.9 Å². The van der Waals surface area contributed by atoms with Gasteiger partial charge in [-0.15, -0.1) is 0 Å². The second-order valence-corrected chi connectivity index (χ2v) is 9.02. The summed E-state index contributed by atoms with van der Waals surface area (Å²) < 4.78 is 12.2. The third-order valence-corrected chi connectivity index (χ3v) is 6.17. The number of nitrogens with one attached hydrogen (secondary N) is 1. The van der Waals surface area contributed by atoms with Crippen molar-refractivity contribution in [2.45, 2.75) is 27.0 Å². The van der Waals surface area contributed by atoms with Gasteiger partial charge < -0.3 is 14.8 Å². The van der Waals surface area contributed by atoms with E-state index in [4.69, 9.17) is 9.47 Å². The van der Waals surface area contributed by atoms with Crippen LogP contribution in [-0.2, 0) is 17.9 Å². The first-order chi connectivity index (χ1) is 16.3. The first-order valence-electron chi connectivity index (χ1n) is 10.8. The molecule has 0 bridgehead atoms. The summed E-state index contributed by atoms with van der Waals surface area (Å²) in [5.74, 6) is 0.715. The number of ether oxygens (including phenoxy) is 2. The van der Waals surface area contributed by atoms with E-state index >= 15 is 0 Å². The fourth-order valence-corrected chi connectivity index (χ4v) is 4.08. The van der Waals surface area contributed by atoms with Crippen molar-refractivity contribution in [3.05, 3.63) is 98.7 Å². The Morgan fingerprint density at radius 2 is 1.71 bits per heavy atom. The van der Waals surface area contributed by atoms with Gasteiger partial charge in [0.05, 0.1) is 13.7 Å². The van der Waals surface area contributed by atoms with Crippen molar-refractivity contribution in [3.8, 4) is 11.5 Å². The lowest BCUT2D eigenvalue weighted by Crippen LogP contribution is -2.30. The van der Waals surface area contributed by atoms with Crippen molar-refractivity contribution in [2.24, 2.45) is 0 Å². The molecule has 0 atom stereocenters. The van der Waals surface area contributed by atoms with E-state index < -0.39 is 6.03 Å².